The summed E-state index contributed by atoms with van der Waals surface area (Å²) < 4.78 is 39.2. The van der Waals surface area contributed by atoms with Gasteiger partial charge in [-0.1, -0.05) is 6.07 Å². The van der Waals surface area contributed by atoms with Crippen LogP contribution in [0.4, 0.5) is 13.2 Å². The van der Waals surface area contributed by atoms with Gasteiger partial charge in [-0.05, 0) is 11.4 Å². The average Bonchev–Trinajstić information content (AvgIpc) is 2.90. The van der Waals surface area contributed by atoms with Crippen LogP contribution >= 0.6 is 11.3 Å². The van der Waals surface area contributed by atoms with Crippen molar-refractivity contribution in [1.29, 1.82) is 0 Å². The van der Waals surface area contributed by atoms with Crippen LogP contribution in [0, 0.1) is 0 Å². The van der Waals surface area contributed by atoms with Gasteiger partial charge in [-0.2, -0.15) is 13.2 Å². The molecule has 3 nitrogen and oxygen atoms in total. The van der Waals surface area contributed by atoms with E-state index in [1.54, 1.807) is 17.5 Å². The van der Waals surface area contributed by atoms with Crippen LogP contribution in [0.3, 0.4) is 0 Å². The highest BCUT2D eigenvalue weighted by atomic mass is 32.1. The molecule has 100 valence electrons. The highest BCUT2D eigenvalue weighted by Gasteiger charge is 2.38. The third-order valence-corrected chi connectivity index (χ3v) is 3.81. The minimum Gasteiger partial charge on any atom is -0.312 e. The van der Waals surface area contributed by atoms with Gasteiger partial charge in [0.05, 0.1) is 10.6 Å². The smallest absolute Gasteiger partial charge is 0.312 e. The van der Waals surface area contributed by atoms with E-state index in [1.807, 2.05) is 0 Å². The van der Waals surface area contributed by atoms with Crippen molar-refractivity contribution < 1.29 is 13.2 Å². The highest BCUT2D eigenvalue weighted by Crippen LogP contribution is 2.34. The fraction of sp³-hybridized carbons (Fsp3) is 0.333. The molecule has 7 heteroatoms. The Morgan fingerprint density at radius 3 is 2.79 bits per heavy atom. The molecule has 1 N–H and O–H groups in total. The fourth-order valence-electron chi connectivity index (χ4n) is 2.09. The Morgan fingerprint density at radius 1 is 1.26 bits per heavy atom. The van der Waals surface area contributed by atoms with E-state index >= 15 is 0 Å². The standard InChI is InChI=1S/C12H10F3N3S/c13-12(14,15)10-7-6-16-4-3-8(7)17-11(18-10)9-2-1-5-19-9/h1-2,5,16H,3-4,6H2. The Hall–Kier alpha value is -1.47. The molecule has 0 bridgehead atoms. The lowest BCUT2D eigenvalue weighted by atomic mass is 10.0. The summed E-state index contributed by atoms with van der Waals surface area (Å²) in [7, 11) is 0. The minimum absolute atomic E-state index is 0.169. The van der Waals surface area contributed by atoms with Crippen LogP contribution in [0.1, 0.15) is 17.0 Å². The predicted octanol–water partition coefficient (Wildman–Crippen LogP) is 2.87. The molecule has 0 aromatic carbocycles. The Bertz CT molecular complexity index is 593. The molecule has 1 aliphatic rings. The van der Waals surface area contributed by atoms with Crippen LogP contribution in [-0.2, 0) is 19.1 Å². The first-order chi connectivity index (χ1) is 9.05. The van der Waals surface area contributed by atoms with Gasteiger partial charge < -0.3 is 5.32 Å². The van der Waals surface area contributed by atoms with E-state index in [-0.39, 0.29) is 17.9 Å². The number of halogens is 3. The van der Waals surface area contributed by atoms with E-state index in [2.05, 4.69) is 15.3 Å². The molecule has 0 saturated carbocycles. The van der Waals surface area contributed by atoms with Crippen molar-refractivity contribution in [3.8, 4) is 10.7 Å². The maximum Gasteiger partial charge on any atom is 0.433 e. The molecular weight excluding hydrogens is 275 g/mol. The third-order valence-electron chi connectivity index (χ3n) is 2.94. The number of thiophene rings is 1. The summed E-state index contributed by atoms with van der Waals surface area (Å²) in [5, 5.41) is 4.73. The van der Waals surface area contributed by atoms with E-state index in [4.69, 9.17) is 0 Å². The normalized spacial score (nSPS) is 15.3. The molecule has 0 radical (unpaired) electrons. The number of hydrogen-bond donors (Lipinski definition) is 1. The Labute approximate surface area is 111 Å². The number of fused-ring (bicyclic) bond motifs is 1. The van der Waals surface area contributed by atoms with Crippen LogP contribution in [0.15, 0.2) is 17.5 Å². The molecule has 19 heavy (non-hydrogen) atoms. The van der Waals surface area contributed by atoms with Crippen LogP contribution in [-0.4, -0.2) is 16.5 Å². The van der Waals surface area contributed by atoms with E-state index in [0.717, 1.165) is 0 Å². The van der Waals surface area contributed by atoms with Gasteiger partial charge in [-0.3, -0.25) is 0 Å². The van der Waals surface area contributed by atoms with Crippen LogP contribution < -0.4 is 5.32 Å². The summed E-state index contributed by atoms with van der Waals surface area (Å²) in [6.45, 7) is 0.820. The van der Waals surface area contributed by atoms with Crippen molar-refractivity contribution in [1.82, 2.24) is 15.3 Å². The summed E-state index contributed by atoms with van der Waals surface area (Å²) in [6.07, 6.45) is -3.95. The quantitative estimate of drug-likeness (QED) is 0.875. The van der Waals surface area contributed by atoms with Crippen molar-refractivity contribution >= 4 is 11.3 Å². The van der Waals surface area contributed by atoms with Crippen molar-refractivity contribution in [2.24, 2.45) is 0 Å². The SMILES string of the molecule is FC(F)(F)c1nc(-c2cccs2)nc2c1CNCC2. The van der Waals surface area contributed by atoms with Gasteiger partial charge in [0.15, 0.2) is 11.5 Å². The summed E-state index contributed by atoms with van der Waals surface area (Å²) in [5.74, 6) is 0.169. The predicted molar refractivity (Wildman–Crippen MR) is 65.8 cm³/mol. The minimum atomic E-state index is -4.45. The summed E-state index contributed by atoms with van der Waals surface area (Å²) in [5.41, 5.74) is -0.128. The van der Waals surface area contributed by atoms with Crippen molar-refractivity contribution in [2.75, 3.05) is 6.54 Å². The van der Waals surface area contributed by atoms with E-state index in [1.165, 1.54) is 11.3 Å². The molecule has 0 atom stereocenters. The first-order valence-electron chi connectivity index (χ1n) is 5.77. The fourth-order valence-corrected chi connectivity index (χ4v) is 2.75. The Morgan fingerprint density at radius 2 is 2.11 bits per heavy atom. The second kappa shape index (κ2) is 4.57. The van der Waals surface area contributed by atoms with Gasteiger partial charge in [0.1, 0.15) is 0 Å². The molecule has 2 aromatic heterocycles. The zero-order chi connectivity index (χ0) is 13.5. The van der Waals surface area contributed by atoms with Gasteiger partial charge in [0, 0.05) is 25.1 Å². The van der Waals surface area contributed by atoms with Crippen molar-refractivity contribution in [3.05, 3.63) is 34.5 Å². The molecule has 0 saturated heterocycles. The number of nitrogens with one attached hydrogen (secondary N) is 1. The lowest BCUT2D eigenvalue weighted by Gasteiger charge is -2.20. The zero-order valence-electron chi connectivity index (χ0n) is 9.79. The van der Waals surface area contributed by atoms with Crippen LogP contribution in [0.5, 0.6) is 0 Å². The number of alkyl halides is 3. The molecule has 0 amide bonds. The first-order valence-corrected chi connectivity index (χ1v) is 6.65. The molecule has 3 rings (SSSR count). The van der Waals surface area contributed by atoms with Gasteiger partial charge in [-0.25, -0.2) is 9.97 Å². The molecule has 2 aromatic rings. The van der Waals surface area contributed by atoms with Crippen molar-refractivity contribution in [3.63, 3.8) is 0 Å². The van der Waals surface area contributed by atoms with E-state index < -0.39 is 11.9 Å². The van der Waals surface area contributed by atoms with Gasteiger partial charge >= 0.3 is 6.18 Å². The molecule has 1 aliphatic heterocycles. The maximum atomic E-state index is 13.1. The monoisotopic (exact) mass is 285 g/mol. The van der Waals surface area contributed by atoms with Crippen LogP contribution in [0.25, 0.3) is 10.7 Å². The second-order valence-electron chi connectivity index (χ2n) is 4.22. The molecule has 0 spiro atoms. The molecular formula is C12H10F3N3S. The Balaban J connectivity index is 2.19. The topological polar surface area (TPSA) is 37.8 Å². The number of hydrogen-bond acceptors (Lipinski definition) is 4. The van der Waals surface area contributed by atoms with Crippen molar-refractivity contribution in [2.45, 2.75) is 19.1 Å². The number of rotatable bonds is 1. The lowest BCUT2D eigenvalue weighted by molar-refractivity contribution is -0.142. The molecule has 0 aliphatic carbocycles. The second-order valence-corrected chi connectivity index (χ2v) is 5.17. The third kappa shape index (κ3) is 2.35. The molecule has 3 heterocycles. The van der Waals surface area contributed by atoms with Gasteiger partial charge in [0.2, 0.25) is 0 Å². The van der Waals surface area contributed by atoms with E-state index in [0.29, 0.717) is 23.5 Å². The summed E-state index contributed by atoms with van der Waals surface area (Å²) in [4.78, 5) is 8.68. The average molecular weight is 285 g/mol. The lowest BCUT2D eigenvalue weighted by Crippen LogP contribution is -2.29. The summed E-state index contributed by atoms with van der Waals surface area (Å²) in [6, 6.07) is 3.51. The van der Waals surface area contributed by atoms with Gasteiger partial charge in [-0.15, -0.1) is 11.3 Å². The van der Waals surface area contributed by atoms with Gasteiger partial charge in [0.25, 0.3) is 0 Å². The zero-order valence-corrected chi connectivity index (χ0v) is 10.6. The van der Waals surface area contributed by atoms with E-state index in [9.17, 15) is 13.2 Å². The molecule has 0 unspecified atom stereocenters. The molecule has 0 fully saturated rings. The van der Waals surface area contributed by atoms with Crippen LogP contribution in [0.2, 0.25) is 0 Å². The highest BCUT2D eigenvalue weighted by molar-refractivity contribution is 7.13. The first kappa shape index (κ1) is 12.6. The number of aromatic nitrogens is 2. The summed E-state index contributed by atoms with van der Waals surface area (Å²) >= 11 is 1.34. The number of nitrogens with zero attached hydrogens (tertiary/aromatic N) is 2. The maximum absolute atomic E-state index is 13.1. The largest absolute Gasteiger partial charge is 0.433 e. The Kier molecular flexibility index (Phi) is 3.02.